The van der Waals surface area contributed by atoms with E-state index in [0.29, 0.717) is 32.0 Å². The van der Waals surface area contributed by atoms with E-state index in [1.807, 2.05) is 11.0 Å². The Kier molecular flexibility index (Phi) is 7.08. The lowest BCUT2D eigenvalue weighted by molar-refractivity contribution is 0.0657. The Balaban J connectivity index is 1.60. The van der Waals surface area contributed by atoms with Crippen LogP contribution in [0.1, 0.15) is 28.6 Å². The van der Waals surface area contributed by atoms with Gasteiger partial charge in [0.15, 0.2) is 11.7 Å². The number of amides is 1. The molecule has 1 aromatic carbocycles. The summed E-state index contributed by atoms with van der Waals surface area (Å²) >= 11 is 0. The Bertz CT molecular complexity index is 781. The number of carbonyl (C=O) groups is 1. The lowest BCUT2D eigenvalue weighted by Gasteiger charge is -2.36. The van der Waals surface area contributed by atoms with Crippen LogP contribution in [0.15, 0.2) is 52.1 Å². The van der Waals surface area contributed by atoms with Gasteiger partial charge in [-0.3, -0.25) is 4.79 Å². The molecule has 1 N–H and O–H groups in total. The monoisotopic (exact) mass is 384 g/mol. The zero-order valence-electron chi connectivity index (χ0n) is 16.6. The smallest absolute Gasteiger partial charge is 0.289 e. The number of guanidine groups is 1. The summed E-state index contributed by atoms with van der Waals surface area (Å²) in [5.74, 6) is 1.22. The molecule has 2 aromatic rings. The van der Waals surface area contributed by atoms with Gasteiger partial charge >= 0.3 is 0 Å². The highest BCUT2D eigenvalue weighted by molar-refractivity contribution is 5.91. The van der Waals surface area contributed by atoms with Crippen molar-refractivity contribution in [3.63, 3.8) is 0 Å². The van der Waals surface area contributed by atoms with Crippen molar-refractivity contribution in [1.29, 1.82) is 0 Å². The highest BCUT2D eigenvalue weighted by atomic mass is 16.5. The molecule has 7 heteroatoms. The largest absolute Gasteiger partial charge is 0.459 e. The number of piperazine rings is 1. The standard InChI is InChI=1S/C21H28N4O3/c1-3-22-21(23-15-17-6-4-7-18(14-17)16-27-2)25-11-9-24(10-12-25)20(26)19-8-5-13-28-19/h4-8,13-14H,3,9-12,15-16H2,1-2H3,(H,22,23). The van der Waals surface area contributed by atoms with Gasteiger partial charge in [-0.1, -0.05) is 24.3 Å². The fourth-order valence-electron chi connectivity index (χ4n) is 3.25. The second-order valence-electron chi connectivity index (χ2n) is 6.68. The first-order valence-corrected chi connectivity index (χ1v) is 9.64. The van der Waals surface area contributed by atoms with Gasteiger partial charge in [0.1, 0.15) is 0 Å². The number of hydrogen-bond donors (Lipinski definition) is 1. The Morgan fingerprint density at radius 2 is 1.89 bits per heavy atom. The normalized spacial score (nSPS) is 15.0. The minimum absolute atomic E-state index is 0.0541. The van der Waals surface area contributed by atoms with Gasteiger partial charge in [-0.05, 0) is 30.2 Å². The summed E-state index contributed by atoms with van der Waals surface area (Å²) in [6.07, 6.45) is 1.53. The number of hydrogen-bond acceptors (Lipinski definition) is 4. The summed E-state index contributed by atoms with van der Waals surface area (Å²) in [6, 6.07) is 11.7. The summed E-state index contributed by atoms with van der Waals surface area (Å²) in [5, 5.41) is 3.36. The van der Waals surface area contributed by atoms with Crippen LogP contribution in [0, 0.1) is 0 Å². The molecular formula is C21H28N4O3. The number of nitrogens with one attached hydrogen (secondary N) is 1. The molecule has 0 saturated carbocycles. The number of ether oxygens (including phenoxy) is 1. The molecule has 1 aromatic heterocycles. The molecule has 1 saturated heterocycles. The molecule has 1 aliphatic heterocycles. The summed E-state index contributed by atoms with van der Waals surface area (Å²) in [5.41, 5.74) is 2.29. The Labute approximate surface area is 166 Å². The number of nitrogens with zero attached hydrogens (tertiary/aromatic N) is 3. The van der Waals surface area contributed by atoms with Crippen molar-refractivity contribution in [2.75, 3.05) is 39.8 Å². The van der Waals surface area contributed by atoms with E-state index in [-0.39, 0.29) is 5.91 Å². The quantitative estimate of drug-likeness (QED) is 0.612. The minimum Gasteiger partial charge on any atom is -0.459 e. The van der Waals surface area contributed by atoms with Crippen molar-refractivity contribution in [2.24, 2.45) is 4.99 Å². The summed E-state index contributed by atoms with van der Waals surface area (Å²) in [6.45, 7) is 6.83. The molecule has 0 atom stereocenters. The van der Waals surface area contributed by atoms with Crippen molar-refractivity contribution < 1.29 is 13.9 Å². The van der Waals surface area contributed by atoms with Gasteiger partial charge in [0.2, 0.25) is 0 Å². The average molecular weight is 384 g/mol. The van der Waals surface area contributed by atoms with E-state index < -0.39 is 0 Å². The third-order valence-corrected chi connectivity index (χ3v) is 4.65. The van der Waals surface area contributed by atoms with Crippen LogP contribution in [0.4, 0.5) is 0 Å². The van der Waals surface area contributed by atoms with Crippen molar-refractivity contribution in [1.82, 2.24) is 15.1 Å². The third-order valence-electron chi connectivity index (χ3n) is 4.65. The van der Waals surface area contributed by atoms with Crippen LogP contribution < -0.4 is 5.32 Å². The predicted octanol–water partition coefficient (Wildman–Crippen LogP) is 2.35. The third kappa shape index (κ3) is 5.13. The molecule has 28 heavy (non-hydrogen) atoms. The van der Waals surface area contributed by atoms with Crippen molar-refractivity contribution >= 4 is 11.9 Å². The molecule has 150 valence electrons. The maximum Gasteiger partial charge on any atom is 0.289 e. The second kappa shape index (κ2) is 9.94. The maximum atomic E-state index is 12.4. The van der Waals surface area contributed by atoms with Crippen LogP contribution in [0.2, 0.25) is 0 Å². The van der Waals surface area contributed by atoms with E-state index >= 15 is 0 Å². The van der Waals surface area contributed by atoms with Gasteiger partial charge in [-0.15, -0.1) is 0 Å². The van der Waals surface area contributed by atoms with E-state index in [1.165, 1.54) is 6.26 Å². The molecule has 1 fully saturated rings. The van der Waals surface area contributed by atoms with Gasteiger partial charge in [0.25, 0.3) is 5.91 Å². The molecule has 0 unspecified atom stereocenters. The molecule has 1 aliphatic rings. The lowest BCUT2D eigenvalue weighted by atomic mass is 10.1. The van der Waals surface area contributed by atoms with Crippen LogP contribution in [-0.4, -0.2) is 61.5 Å². The van der Waals surface area contributed by atoms with Crippen LogP contribution in [0.5, 0.6) is 0 Å². The predicted molar refractivity (Wildman–Crippen MR) is 108 cm³/mol. The van der Waals surface area contributed by atoms with E-state index in [1.54, 1.807) is 19.2 Å². The molecule has 2 heterocycles. The zero-order valence-corrected chi connectivity index (χ0v) is 16.6. The maximum absolute atomic E-state index is 12.4. The van der Waals surface area contributed by atoms with Crippen molar-refractivity contribution in [3.05, 3.63) is 59.5 Å². The number of methoxy groups -OCH3 is 1. The average Bonchev–Trinajstić information content (AvgIpc) is 3.26. The molecule has 0 bridgehead atoms. The number of carbonyl (C=O) groups excluding carboxylic acids is 1. The van der Waals surface area contributed by atoms with Gasteiger partial charge in [0, 0.05) is 39.8 Å². The van der Waals surface area contributed by atoms with Gasteiger partial charge in [-0.25, -0.2) is 4.99 Å². The lowest BCUT2D eigenvalue weighted by Crippen LogP contribution is -2.53. The van der Waals surface area contributed by atoms with E-state index in [9.17, 15) is 4.79 Å². The zero-order chi connectivity index (χ0) is 19.8. The van der Waals surface area contributed by atoms with E-state index in [0.717, 1.165) is 36.7 Å². The van der Waals surface area contributed by atoms with Crippen LogP contribution in [0.3, 0.4) is 0 Å². The Morgan fingerprint density at radius 3 is 2.57 bits per heavy atom. The summed E-state index contributed by atoms with van der Waals surface area (Å²) in [4.78, 5) is 21.2. The first-order chi connectivity index (χ1) is 13.7. The summed E-state index contributed by atoms with van der Waals surface area (Å²) in [7, 11) is 1.70. The summed E-state index contributed by atoms with van der Waals surface area (Å²) < 4.78 is 10.4. The van der Waals surface area contributed by atoms with E-state index in [4.69, 9.17) is 14.1 Å². The number of furan rings is 1. The van der Waals surface area contributed by atoms with Crippen molar-refractivity contribution in [3.8, 4) is 0 Å². The highest BCUT2D eigenvalue weighted by Gasteiger charge is 2.25. The number of aliphatic imine (C=N–C) groups is 1. The van der Waals surface area contributed by atoms with Gasteiger partial charge in [-0.2, -0.15) is 0 Å². The molecule has 0 radical (unpaired) electrons. The molecule has 0 spiro atoms. The Hall–Kier alpha value is -2.80. The number of benzene rings is 1. The van der Waals surface area contributed by atoms with Crippen LogP contribution in [0.25, 0.3) is 0 Å². The highest BCUT2D eigenvalue weighted by Crippen LogP contribution is 2.11. The van der Waals surface area contributed by atoms with Crippen LogP contribution in [-0.2, 0) is 17.9 Å². The molecule has 7 nitrogen and oxygen atoms in total. The van der Waals surface area contributed by atoms with Crippen molar-refractivity contribution in [2.45, 2.75) is 20.1 Å². The van der Waals surface area contributed by atoms with Gasteiger partial charge < -0.3 is 24.3 Å². The molecule has 3 rings (SSSR count). The fourth-order valence-corrected chi connectivity index (χ4v) is 3.25. The molecular weight excluding hydrogens is 356 g/mol. The second-order valence-corrected chi connectivity index (χ2v) is 6.68. The topological polar surface area (TPSA) is 70.3 Å². The Morgan fingerprint density at radius 1 is 1.14 bits per heavy atom. The first-order valence-electron chi connectivity index (χ1n) is 9.64. The van der Waals surface area contributed by atoms with Gasteiger partial charge in [0.05, 0.1) is 19.4 Å². The van der Waals surface area contributed by atoms with Crippen LogP contribution >= 0.6 is 0 Å². The fraction of sp³-hybridized carbons (Fsp3) is 0.429. The SMILES string of the molecule is CCNC(=NCc1cccc(COC)c1)N1CCN(C(=O)c2ccco2)CC1. The first kappa shape index (κ1) is 19.9. The number of rotatable bonds is 6. The van der Waals surface area contributed by atoms with E-state index in [2.05, 4.69) is 35.3 Å². The molecule has 0 aliphatic carbocycles. The molecule has 1 amide bonds. The minimum atomic E-state index is -0.0541.